The number of anilines is 2. The fourth-order valence-electron chi connectivity index (χ4n) is 5.43. The fraction of sp³-hybridized carbons (Fsp3) is 0.406. The van der Waals surface area contributed by atoms with Gasteiger partial charge in [0.05, 0.1) is 16.6 Å². The Labute approximate surface area is 245 Å². The summed E-state index contributed by atoms with van der Waals surface area (Å²) in [6.07, 6.45) is -2.26. The first-order valence-corrected chi connectivity index (χ1v) is 14.4. The maximum atomic E-state index is 13.7. The number of hydrogen-bond acceptors (Lipinski definition) is 5. The Balaban J connectivity index is 1.44. The molecular weight excluding hydrogens is 568 g/mol. The zero-order valence-corrected chi connectivity index (χ0v) is 23.6. The molecule has 2 aliphatic rings. The van der Waals surface area contributed by atoms with E-state index in [0.29, 0.717) is 11.8 Å². The minimum absolute atomic E-state index is 0.139. The van der Waals surface area contributed by atoms with E-state index in [2.05, 4.69) is 14.9 Å². The first-order valence-electron chi connectivity index (χ1n) is 14.4. The summed E-state index contributed by atoms with van der Waals surface area (Å²) in [6.45, 7) is 3.59. The lowest BCUT2D eigenvalue weighted by Crippen LogP contribution is -2.32. The van der Waals surface area contributed by atoms with Crippen LogP contribution in [0.15, 0.2) is 60.9 Å². The van der Waals surface area contributed by atoms with Gasteiger partial charge in [0.15, 0.2) is 0 Å². The summed E-state index contributed by atoms with van der Waals surface area (Å²) >= 11 is 0. The maximum Gasteiger partial charge on any atom is 0.416 e. The van der Waals surface area contributed by atoms with Crippen molar-refractivity contribution in [3.63, 3.8) is 0 Å². The number of halogens is 6. The summed E-state index contributed by atoms with van der Waals surface area (Å²) < 4.78 is 82.0. The van der Waals surface area contributed by atoms with Crippen LogP contribution in [-0.2, 0) is 25.4 Å². The van der Waals surface area contributed by atoms with Crippen LogP contribution in [0.25, 0.3) is 10.9 Å². The molecule has 0 aliphatic heterocycles. The third-order valence-electron chi connectivity index (χ3n) is 7.97. The quantitative estimate of drug-likeness (QED) is 0.172. The number of hydrogen-bond donors (Lipinski definition) is 0. The van der Waals surface area contributed by atoms with E-state index in [0.717, 1.165) is 78.8 Å². The second-order valence-corrected chi connectivity index (χ2v) is 11.7. The van der Waals surface area contributed by atoms with Gasteiger partial charge in [0.2, 0.25) is 5.95 Å². The third-order valence-corrected chi connectivity index (χ3v) is 7.97. The molecule has 2 heterocycles. The van der Waals surface area contributed by atoms with E-state index in [9.17, 15) is 26.3 Å². The van der Waals surface area contributed by atoms with Crippen LogP contribution in [-0.4, -0.2) is 28.0 Å². The zero-order valence-electron chi connectivity index (χ0n) is 23.6. The molecule has 226 valence electrons. The van der Waals surface area contributed by atoms with Gasteiger partial charge in [0, 0.05) is 49.5 Å². The molecule has 6 rings (SSSR count). The van der Waals surface area contributed by atoms with Gasteiger partial charge in [-0.15, -0.1) is 0 Å². The molecule has 11 heteroatoms. The SMILES string of the molecule is Cc1cccc2cc(CN(Cc3cc(C(F)(F)F)cc(C(F)(F)F)c3)c3ncccn3)c(N(CC3CC3)CC3CC3)nc12. The molecule has 0 saturated heterocycles. The Morgan fingerprint density at radius 2 is 1.35 bits per heavy atom. The standard InChI is InChI=1S/C32H31F6N5/c1-20-4-2-5-24-14-25(29(41-28(20)24)42(16-21-6-7-21)17-22-8-9-22)19-43(30-39-10-3-11-40-30)18-23-12-26(31(33,34)35)15-27(13-23)32(36,37)38/h2-5,10-15,21-22H,6-9,16-19H2,1H3. The van der Waals surface area contributed by atoms with Gasteiger partial charge in [-0.3, -0.25) is 0 Å². The predicted octanol–water partition coefficient (Wildman–Crippen LogP) is 8.20. The Bertz CT molecular complexity index is 1550. The highest BCUT2D eigenvalue weighted by molar-refractivity contribution is 5.84. The van der Waals surface area contributed by atoms with Gasteiger partial charge in [0.1, 0.15) is 5.82 Å². The van der Waals surface area contributed by atoms with E-state index in [1.165, 1.54) is 12.4 Å². The average Bonchev–Trinajstić information content (AvgIpc) is 3.89. The summed E-state index contributed by atoms with van der Waals surface area (Å²) in [5.41, 5.74) is -0.142. The van der Waals surface area contributed by atoms with Gasteiger partial charge < -0.3 is 9.80 Å². The molecule has 5 nitrogen and oxygen atoms in total. The zero-order chi connectivity index (χ0) is 30.4. The van der Waals surface area contributed by atoms with Crippen LogP contribution < -0.4 is 9.80 Å². The number of para-hydroxylation sites is 1. The number of alkyl halides is 6. The van der Waals surface area contributed by atoms with Crippen LogP contribution in [0, 0.1) is 18.8 Å². The monoisotopic (exact) mass is 599 g/mol. The van der Waals surface area contributed by atoms with Gasteiger partial charge in [0.25, 0.3) is 0 Å². The van der Waals surface area contributed by atoms with E-state index < -0.39 is 23.5 Å². The number of aromatic nitrogens is 3. The molecule has 0 bridgehead atoms. The Morgan fingerprint density at radius 3 is 1.91 bits per heavy atom. The average molecular weight is 600 g/mol. The maximum absolute atomic E-state index is 13.7. The lowest BCUT2D eigenvalue weighted by Gasteiger charge is -2.30. The van der Waals surface area contributed by atoms with E-state index in [4.69, 9.17) is 4.98 Å². The van der Waals surface area contributed by atoms with Gasteiger partial charge in [-0.05, 0) is 85.9 Å². The summed E-state index contributed by atoms with van der Waals surface area (Å²) in [5, 5.41) is 0.906. The van der Waals surface area contributed by atoms with Gasteiger partial charge in [-0.2, -0.15) is 26.3 Å². The van der Waals surface area contributed by atoms with Crippen molar-refractivity contribution in [1.82, 2.24) is 15.0 Å². The van der Waals surface area contributed by atoms with Crippen molar-refractivity contribution in [2.45, 2.75) is 58.0 Å². The molecule has 2 fully saturated rings. The van der Waals surface area contributed by atoms with Crippen molar-refractivity contribution in [1.29, 1.82) is 0 Å². The summed E-state index contributed by atoms with van der Waals surface area (Å²) in [4.78, 5) is 17.7. The van der Waals surface area contributed by atoms with Crippen LogP contribution in [0.5, 0.6) is 0 Å². The van der Waals surface area contributed by atoms with Gasteiger partial charge in [-0.25, -0.2) is 15.0 Å². The van der Waals surface area contributed by atoms with Crippen molar-refractivity contribution in [2.24, 2.45) is 11.8 Å². The Hall–Kier alpha value is -3.89. The Morgan fingerprint density at radius 1 is 0.744 bits per heavy atom. The Kier molecular flexibility index (Phi) is 7.68. The number of nitrogens with zero attached hydrogens (tertiary/aromatic N) is 5. The van der Waals surface area contributed by atoms with E-state index in [-0.39, 0.29) is 30.7 Å². The molecule has 2 aromatic heterocycles. The van der Waals surface area contributed by atoms with Crippen LogP contribution >= 0.6 is 0 Å². The summed E-state index contributed by atoms with van der Waals surface area (Å²) in [7, 11) is 0. The van der Waals surface area contributed by atoms with Gasteiger partial charge in [-0.1, -0.05) is 18.2 Å². The predicted molar refractivity (Wildman–Crippen MR) is 153 cm³/mol. The second kappa shape index (κ2) is 11.3. The number of aryl methyl sites for hydroxylation is 1. The highest BCUT2D eigenvalue weighted by atomic mass is 19.4. The molecule has 43 heavy (non-hydrogen) atoms. The molecular formula is C32H31F6N5. The van der Waals surface area contributed by atoms with Crippen LogP contribution in [0.4, 0.5) is 38.1 Å². The lowest BCUT2D eigenvalue weighted by molar-refractivity contribution is -0.143. The third kappa shape index (κ3) is 7.02. The van der Waals surface area contributed by atoms with E-state index in [1.54, 1.807) is 11.0 Å². The first-order chi connectivity index (χ1) is 20.4. The van der Waals surface area contributed by atoms with Crippen molar-refractivity contribution in [3.8, 4) is 0 Å². The van der Waals surface area contributed by atoms with Crippen molar-refractivity contribution in [3.05, 3.63) is 88.7 Å². The van der Waals surface area contributed by atoms with Crippen molar-refractivity contribution in [2.75, 3.05) is 22.9 Å². The molecule has 0 radical (unpaired) electrons. The topological polar surface area (TPSA) is 45.2 Å². The summed E-state index contributed by atoms with van der Waals surface area (Å²) in [6, 6.07) is 11.2. The van der Waals surface area contributed by atoms with Crippen LogP contribution in [0.3, 0.4) is 0 Å². The van der Waals surface area contributed by atoms with Crippen molar-refractivity contribution < 1.29 is 26.3 Å². The highest BCUT2D eigenvalue weighted by Gasteiger charge is 2.37. The van der Waals surface area contributed by atoms with Gasteiger partial charge >= 0.3 is 12.4 Å². The van der Waals surface area contributed by atoms with Crippen molar-refractivity contribution >= 4 is 22.7 Å². The molecule has 2 saturated carbocycles. The van der Waals surface area contributed by atoms with Crippen LogP contribution in [0.1, 0.15) is 53.5 Å². The normalized spacial score (nSPS) is 15.6. The molecule has 4 aromatic rings. The number of rotatable bonds is 10. The summed E-state index contributed by atoms with van der Waals surface area (Å²) in [5.74, 6) is 2.15. The molecule has 0 unspecified atom stereocenters. The van der Waals surface area contributed by atoms with E-state index >= 15 is 0 Å². The molecule has 0 amide bonds. The smallest absolute Gasteiger partial charge is 0.356 e. The largest absolute Gasteiger partial charge is 0.416 e. The molecule has 0 atom stereocenters. The minimum atomic E-state index is -4.94. The number of benzene rings is 2. The van der Waals surface area contributed by atoms with Crippen LogP contribution in [0.2, 0.25) is 0 Å². The lowest BCUT2D eigenvalue weighted by atomic mass is 10.0. The fourth-order valence-corrected chi connectivity index (χ4v) is 5.43. The molecule has 2 aromatic carbocycles. The highest BCUT2D eigenvalue weighted by Crippen LogP contribution is 2.39. The molecule has 0 N–H and O–H groups in total. The number of fused-ring (bicyclic) bond motifs is 1. The minimum Gasteiger partial charge on any atom is -0.356 e. The first kappa shape index (κ1) is 29.2. The number of pyridine rings is 1. The molecule has 0 spiro atoms. The van der Waals surface area contributed by atoms with E-state index in [1.807, 2.05) is 31.2 Å². The molecule has 2 aliphatic carbocycles. The second-order valence-electron chi connectivity index (χ2n) is 11.7.